The van der Waals surface area contributed by atoms with Crippen LogP contribution in [0.25, 0.3) is 0 Å². The number of halogens is 1. The number of likely N-dealkylation sites (tertiary alicyclic amines) is 1. The molecule has 2 rings (SSSR count). The molecule has 7 nitrogen and oxygen atoms in total. The van der Waals surface area contributed by atoms with E-state index >= 15 is 0 Å². The second-order valence-electron chi connectivity index (χ2n) is 5.07. The van der Waals surface area contributed by atoms with Gasteiger partial charge in [0, 0.05) is 27.2 Å². The lowest BCUT2D eigenvalue weighted by molar-refractivity contribution is 0.0515. The number of ether oxygens (including phenoxy) is 1. The molecule has 0 amide bonds. The van der Waals surface area contributed by atoms with Gasteiger partial charge in [0.05, 0.1) is 24.1 Å². The molecule has 0 aromatic heterocycles. The van der Waals surface area contributed by atoms with E-state index in [9.17, 15) is 12.8 Å². The summed E-state index contributed by atoms with van der Waals surface area (Å²) in [6.07, 6.45) is 1.25. The van der Waals surface area contributed by atoms with E-state index in [-0.39, 0.29) is 25.0 Å². The predicted octanol–water partition coefficient (Wildman–Crippen LogP) is -0.523. The van der Waals surface area contributed by atoms with Crippen molar-refractivity contribution < 1.29 is 17.5 Å². The van der Waals surface area contributed by atoms with Crippen LogP contribution < -0.4 is 5.14 Å². The molecule has 9 heteroatoms. The maximum atomic E-state index is 13.1. The Morgan fingerprint density at radius 2 is 2.20 bits per heavy atom. The molecule has 114 valence electrons. The van der Waals surface area contributed by atoms with Crippen LogP contribution in [0.4, 0.5) is 4.39 Å². The zero-order valence-electron chi connectivity index (χ0n) is 11.5. The average molecular weight is 306 g/mol. The number of piperidine rings is 1. The highest BCUT2D eigenvalue weighted by molar-refractivity contribution is 7.89. The number of methoxy groups -OCH3 is 1. The van der Waals surface area contributed by atoms with Gasteiger partial charge in [-0.15, -0.1) is 0 Å². The zero-order chi connectivity index (χ0) is 14.9. The van der Waals surface area contributed by atoms with Crippen molar-refractivity contribution in [1.82, 2.24) is 9.80 Å². The molecule has 0 spiro atoms. The second-order valence-corrected chi connectivity index (χ2v) is 6.92. The fraction of sp³-hybridized carbons (Fsp3) is 0.727. The quantitative estimate of drug-likeness (QED) is 0.741. The lowest BCUT2D eigenvalue weighted by Gasteiger charge is -2.40. The Morgan fingerprint density at radius 1 is 1.50 bits per heavy atom. The highest BCUT2D eigenvalue weighted by Crippen LogP contribution is 2.20. The van der Waals surface area contributed by atoms with Crippen LogP contribution >= 0.6 is 0 Å². The zero-order valence-corrected chi connectivity index (χ0v) is 12.3. The topological polar surface area (TPSA) is 88.2 Å². The molecule has 0 radical (unpaired) electrons. The lowest BCUT2D eigenvalue weighted by atomic mass is 10.1. The van der Waals surface area contributed by atoms with Gasteiger partial charge in [-0.25, -0.2) is 22.9 Å². The van der Waals surface area contributed by atoms with Gasteiger partial charge in [-0.1, -0.05) is 0 Å². The van der Waals surface area contributed by atoms with E-state index in [2.05, 4.69) is 4.99 Å². The molecule has 0 bridgehead atoms. The number of guanidine groups is 1. The highest BCUT2D eigenvalue weighted by atomic mass is 32.2. The summed E-state index contributed by atoms with van der Waals surface area (Å²) in [6.45, 7) is 0.853. The summed E-state index contributed by atoms with van der Waals surface area (Å²) in [4.78, 5) is 7.45. The van der Waals surface area contributed by atoms with Crippen molar-refractivity contribution in [2.75, 3.05) is 33.8 Å². The molecule has 20 heavy (non-hydrogen) atoms. The number of nitrogens with zero attached hydrogens (tertiary/aromatic N) is 3. The summed E-state index contributed by atoms with van der Waals surface area (Å²) in [5, 5.41) is 4.53. The van der Waals surface area contributed by atoms with Crippen LogP contribution in [0.1, 0.15) is 6.42 Å². The first-order valence-corrected chi connectivity index (χ1v) is 7.85. The number of aliphatic imine (C=N–C) groups is 1. The van der Waals surface area contributed by atoms with Crippen molar-refractivity contribution in [3.05, 3.63) is 12.0 Å². The van der Waals surface area contributed by atoms with Crippen molar-refractivity contribution in [2.45, 2.75) is 17.8 Å². The predicted molar refractivity (Wildman–Crippen MR) is 73.1 cm³/mol. The first kappa shape index (κ1) is 15.2. The minimum absolute atomic E-state index is 0.118. The molecule has 0 saturated carbocycles. The van der Waals surface area contributed by atoms with Crippen LogP contribution in [0.15, 0.2) is 17.0 Å². The number of rotatable bonds is 2. The summed E-state index contributed by atoms with van der Waals surface area (Å²) in [7, 11) is -0.423. The van der Waals surface area contributed by atoms with Gasteiger partial charge in [0.15, 0.2) is 0 Å². The minimum atomic E-state index is -3.65. The van der Waals surface area contributed by atoms with Gasteiger partial charge in [0.1, 0.15) is 5.83 Å². The fourth-order valence-corrected chi connectivity index (χ4v) is 3.34. The van der Waals surface area contributed by atoms with E-state index in [0.29, 0.717) is 18.9 Å². The summed E-state index contributed by atoms with van der Waals surface area (Å²) in [6, 6.07) is 0. The van der Waals surface area contributed by atoms with Crippen LogP contribution in [0, 0.1) is 0 Å². The van der Waals surface area contributed by atoms with Gasteiger partial charge in [-0.05, 0) is 6.42 Å². The third-order valence-electron chi connectivity index (χ3n) is 3.50. The normalized spacial score (nSPS) is 28.2. The molecule has 1 saturated heterocycles. The van der Waals surface area contributed by atoms with E-state index in [1.807, 2.05) is 0 Å². The third kappa shape index (κ3) is 3.28. The number of hydrogen-bond acceptors (Lipinski definition) is 6. The number of likely N-dealkylation sites (N-methyl/N-ethyl adjacent to an activating group) is 1. The Balaban J connectivity index is 2.23. The molecule has 0 aromatic rings. The minimum Gasteiger partial charge on any atom is -0.380 e. The molecule has 2 aliphatic rings. The average Bonchev–Trinajstić information content (AvgIpc) is 2.37. The Morgan fingerprint density at radius 3 is 2.75 bits per heavy atom. The summed E-state index contributed by atoms with van der Waals surface area (Å²) >= 11 is 0. The standard InChI is InChI=1S/C11H19FN4O3S/c1-15-5-8(12)4-14-11(15)16-6-9(19-2)3-10(7-16)20(13,17)18/h4,9-10H,3,5-7H2,1-2H3,(H2,13,17,18)/t9-,10+/m0/s1. The van der Waals surface area contributed by atoms with Gasteiger partial charge in [-0.3, -0.25) is 0 Å². The number of primary sulfonamides is 1. The Hall–Kier alpha value is -1.19. The fourth-order valence-electron chi connectivity index (χ4n) is 2.47. The van der Waals surface area contributed by atoms with E-state index in [1.54, 1.807) is 16.8 Å². The number of nitrogens with two attached hydrogens (primary N) is 1. The van der Waals surface area contributed by atoms with Gasteiger partial charge < -0.3 is 14.5 Å². The summed E-state index contributed by atoms with van der Waals surface area (Å²) < 4.78 is 41.6. The monoisotopic (exact) mass is 306 g/mol. The van der Waals surface area contributed by atoms with Crippen molar-refractivity contribution in [2.24, 2.45) is 10.1 Å². The number of hydrogen-bond donors (Lipinski definition) is 1. The van der Waals surface area contributed by atoms with Crippen LogP contribution in [-0.4, -0.2) is 69.3 Å². The van der Waals surface area contributed by atoms with Crippen molar-refractivity contribution in [3.8, 4) is 0 Å². The van der Waals surface area contributed by atoms with Crippen molar-refractivity contribution in [3.63, 3.8) is 0 Å². The van der Waals surface area contributed by atoms with Crippen LogP contribution in [-0.2, 0) is 14.8 Å². The SMILES string of the molecule is CO[C@H]1C[C@@H](S(N)(=O)=O)CN(C2=NC=C(F)CN2C)C1. The van der Waals surface area contributed by atoms with Gasteiger partial charge in [-0.2, -0.15) is 0 Å². The van der Waals surface area contributed by atoms with E-state index in [4.69, 9.17) is 9.88 Å². The Bertz CT molecular complexity index is 534. The molecular weight excluding hydrogens is 287 g/mol. The van der Waals surface area contributed by atoms with Crippen molar-refractivity contribution >= 4 is 16.0 Å². The lowest BCUT2D eigenvalue weighted by Crippen LogP contribution is -2.56. The molecular formula is C11H19FN4O3S. The highest BCUT2D eigenvalue weighted by Gasteiger charge is 2.36. The van der Waals surface area contributed by atoms with Crippen LogP contribution in [0.3, 0.4) is 0 Å². The molecule has 2 aliphatic heterocycles. The van der Waals surface area contributed by atoms with Gasteiger partial charge >= 0.3 is 0 Å². The van der Waals surface area contributed by atoms with Crippen LogP contribution in [0.5, 0.6) is 0 Å². The maximum absolute atomic E-state index is 13.1. The van der Waals surface area contributed by atoms with Gasteiger partial charge in [0.25, 0.3) is 0 Å². The smallest absolute Gasteiger partial charge is 0.213 e. The first-order chi connectivity index (χ1) is 9.31. The summed E-state index contributed by atoms with van der Waals surface area (Å²) in [5.74, 6) is 0.196. The molecule has 2 atom stereocenters. The molecule has 0 aromatic carbocycles. The largest absolute Gasteiger partial charge is 0.380 e. The van der Waals surface area contributed by atoms with E-state index in [1.165, 1.54) is 7.11 Å². The number of sulfonamides is 1. The second kappa shape index (κ2) is 5.66. The van der Waals surface area contributed by atoms with Crippen LogP contribution in [0.2, 0.25) is 0 Å². The van der Waals surface area contributed by atoms with E-state index < -0.39 is 15.3 Å². The van der Waals surface area contributed by atoms with Gasteiger partial charge in [0.2, 0.25) is 16.0 Å². The maximum Gasteiger partial charge on any atom is 0.213 e. The van der Waals surface area contributed by atoms with E-state index in [0.717, 1.165) is 6.20 Å². The molecule has 1 fully saturated rings. The van der Waals surface area contributed by atoms with Crippen molar-refractivity contribution in [1.29, 1.82) is 0 Å². The molecule has 2 heterocycles. The Labute approximate surface area is 117 Å². The Kier molecular flexibility index (Phi) is 4.31. The summed E-state index contributed by atoms with van der Waals surface area (Å²) in [5.41, 5.74) is 0. The molecule has 0 unspecified atom stereocenters. The third-order valence-corrected chi connectivity index (χ3v) is 4.78. The molecule has 0 aliphatic carbocycles. The first-order valence-electron chi connectivity index (χ1n) is 6.24. The molecule has 2 N–H and O–H groups in total.